The van der Waals surface area contributed by atoms with Gasteiger partial charge in [-0.1, -0.05) is 56.0 Å². The van der Waals surface area contributed by atoms with Gasteiger partial charge in [-0.25, -0.2) is 0 Å². The summed E-state index contributed by atoms with van der Waals surface area (Å²) >= 11 is 7.46. The van der Waals surface area contributed by atoms with Crippen molar-refractivity contribution in [1.29, 1.82) is 0 Å². The lowest BCUT2D eigenvalue weighted by Gasteiger charge is -2.39. The highest BCUT2D eigenvalue weighted by Crippen LogP contribution is 2.49. The maximum absolute atomic E-state index is 5.62. The number of fused-ring (bicyclic) bond motifs is 2. The molecule has 0 radical (unpaired) electrons. The van der Waals surface area contributed by atoms with Gasteiger partial charge in [-0.05, 0) is 51.2 Å². The zero-order chi connectivity index (χ0) is 19.4. The van der Waals surface area contributed by atoms with Crippen LogP contribution in [-0.2, 0) is 0 Å². The molecular formula is C22H29N3S2. The Bertz CT molecular complexity index is 806. The van der Waals surface area contributed by atoms with Crippen LogP contribution in [0.4, 0.5) is 11.4 Å². The van der Waals surface area contributed by atoms with Crippen LogP contribution < -0.4 is 10.2 Å². The Hall–Kier alpha value is -1.56. The Morgan fingerprint density at radius 3 is 2.63 bits per heavy atom. The summed E-state index contributed by atoms with van der Waals surface area (Å²) in [5.41, 5.74) is 3.64. The molecule has 0 saturated heterocycles. The fourth-order valence-electron chi connectivity index (χ4n) is 3.40. The molecule has 1 N–H and O–H groups in total. The van der Waals surface area contributed by atoms with Gasteiger partial charge in [-0.2, -0.15) is 0 Å². The first-order valence-electron chi connectivity index (χ1n) is 9.72. The summed E-state index contributed by atoms with van der Waals surface area (Å²) < 4.78 is 0. The van der Waals surface area contributed by atoms with Gasteiger partial charge in [0.1, 0.15) is 4.99 Å². The smallest absolute Gasteiger partial charge is 0.106 e. The molecule has 1 aliphatic rings. The first-order chi connectivity index (χ1) is 13.0. The molecule has 0 aromatic heterocycles. The largest absolute Gasteiger partial charge is 0.376 e. The van der Waals surface area contributed by atoms with Crippen molar-refractivity contribution in [3.8, 4) is 0 Å². The van der Waals surface area contributed by atoms with Crippen molar-refractivity contribution in [2.45, 2.75) is 43.0 Å². The van der Waals surface area contributed by atoms with E-state index in [2.05, 4.69) is 85.4 Å². The normalized spacial score (nSPS) is 13.9. The third-order valence-corrected chi connectivity index (χ3v) is 6.43. The highest BCUT2D eigenvalue weighted by Gasteiger charge is 2.28. The molecule has 2 aromatic carbocycles. The van der Waals surface area contributed by atoms with Crippen molar-refractivity contribution in [2.75, 3.05) is 31.6 Å². The van der Waals surface area contributed by atoms with Crippen molar-refractivity contribution < 1.29 is 0 Å². The van der Waals surface area contributed by atoms with Crippen LogP contribution in [0.5, 0.6) is 0 Å². The zero-order valence-electron chi connectivity index (χ0n) is 16.7. The summed E-state index contributed by atoms with van der Waals surface area (Å²) in [7, 11) is 2.18. The zero-order valence-corrected chi connectivity index (χ0v) is 18.3. The predicted molar refractivity (Wildman–Crippen MR) is 122 cm³/mol. The lowest BCUT2D eigenvalue weighted by Crippen LogP contribution is -2.39. The van der Waals surface area contributed by atoms with Crippen molar-refractivity contribution in [1.82, 2.24) is 10.2 Å². The number of likely N-dealkylation sites (N-methyl/N-ethyl adjacent to an activating group) is 1. The van der Waals surface area contributed by atoms with Gasteiger partial charge in [-0.15, -0.1) is 0 Å². The molecule has 3 nitrogen and oxygen atoms in total. The summed E-state index contributed by atoms with van der Waals surface area (Å²) in [6, 6.07) is 15.7. The van der Waals surface area contributed by atoms with Crippen LogP contribution in [-0.4, -0.2) is 42.6 Å². The van der Waals surface area contributed by atoms with Gasteiger partial charge < -0.3 is 15.1 Å². The molecule has 0 amide bonds. The number of nitrogens with one attached hydrogen (secondary N) is 1. The summed E-state index contributed by atoms with van der Waals surface area (Å²) in [6.45, 7) is 9.64. The second-order valence-electron chi connectivity index (χ2n) is 7.08. The van der Waals surface area contributed by atoms with Crippen LogP contribution in [0.15, 0.2) is 52.3 Å². The molecule has 0 saturated carbocycles. The van der Waals surface area contributed by atoms with Crippen LogP contribution in [0.1, 0.15) is 32.8 Å². The van der Waals surface area contributed by atoms with Gasteiger partial charge in [0.2, 0.25) is 0 Å². The van der Waals surface area contributed by atoms with Crippen molar-refractivity contribution in [3.63, 3.8) is 0 Å². The van der Waals surface area contributed by atoms with E-state index in [9.17, 15) is 0 Å². The molecule has 0 unspecified atom stereocenters. The fourth-order valence-corrected chi connectivity index (χ4v) is 4.68. The molecule has 0 spiro atoms. The van der Waals surface area contributed by atoms with Gasteiger partial charge in [0.15, 0.2) is 0 Å². The quantitative estimate of drug-likeness (QED) is 0.635. The van der Waals surface area contributed by atoms with E-state index >= 15 is 0 Å². The van der Waals surface area contributed by atoms with E-state index in [1.807, 2.05) is 11.8 Å². The highest BCUT2D eigenvalue weighted by atomic mass is 32.2. The lowest BCUT2D eigenvalue weighted by atomic mass is 10.1. The molecule has 5 heteroatoms. The molecule has 0 fully saturated rings. The minimum atomic E-state index is 0.364. The lowest BCUT2D eigenvalue weighted by molar-refractivity contribution is 0.332. The summed E-state index contributed by atoms with van der Waals surface area (Å²) in [6.07, 6.45) is 1.07. The fraction of sp³-hybridized carbons (Fsp3) is 0.409. The molecule has 1 atom stereocenters. The minimum absolute atomic E-state index is 0.364. The van der Waals surface area contributed by atoms with Crippen LogP contribution in [0.2, 0.25) is 0 Å². The number of rotatable bonds is 7. The number of anilines is 2. The van der Waals surface area contributed by atoms with Gasteiger partial charge in [0.05, 0.1) is 11.4 Å². The molecular weight excluding hydrogens is 370 g/mol. The maximum atomic E-state index is 5.62. The van der Waals surface area contributed by atoms with Crippen LogP contribution in [0.3, 0.4) is 0 Å². The van der Waals surface area contributed by atoms with Gasteiger partial charge in [-0.3, -0.25) is 0 Å². The molecule has 0 aliphatic carbocycles. The topological polar surface area (TPSA) is 18.5 Å². The van der Waals surface area contributed by atoms with E-state index in [0.29, 0.717) is 6.04 Å². The van der Waals surface area contributed by atoms with Crippen molar-refractivity contribution >= 4 is 40.3 Å². The highest BCUT2D eigenvalue weighted by molar-refractivity contribution is 7.99. The maximum Gasteiger partial charge on any atom is 0.106 e. The van der Waals surface area contributed by atoms with E-state index in [1.165, 1.54) is 21.2 Å². The number of para-hydroxylation sites is 1. The first kappa shape index (κ1) is 20.2. The number of nitrogens with zero attached hydrogens (tertiary/aromatic N) is 2. The summed E-state index contributed by atoms with van der Waals surface area (Å²) in [5.74, 6) is 0. The Labute approximate surface area is 173 Å². The minimum Gasteiger partial charge on any atom is -0.376 e. The summed E-state index contributed by atoms with van der Waals surface area (Å²) in [4.78, 5) is 8.30. The van der Waals surface area contributed by atoms with Gasteiger partial charge in [0.25, 0.3) is 0 Å². The number of benzene rings is 2. The average molecular weight is 400 g/mol. The number of hydrogen-bond donors (Lipinski definition) is 1. The second-order valence-corrected chi connectivity index (χ2v) is 8.57. The number of hydrogen-bond acceptors (Lipinski definition) is 4. The standard InChI is InChI=1S/C22H29N3S2/c1-5-13-23-22(26)17-11-12-21-19(14-17)25(16(3)15-24(4)6-2)18-9-7-8-10-20(18)27-21/h7-12,14,16H,5-6,13,15H2,1-4H3,(H,23,26)/t16-/m1/s1. The van der Waals surface area contributed by atoms with Gasteiger partial charge >= 0.3 is 0 Å². The van der Waals surface area contributed by atoms with Crippen molar-refractivity contribution in [2.24, 2.45) is 0 Å². The molecule has 1 heterocycles. The van der Waals surface area contributed by atoms with E-state index < -0.39 is 0 Å². The molecule has 27 heavy (non-hydrogen) atoms. The van der Waals surface area contributed by atoms with Crippen LogP contribution in [0, 0.1) is 0 Å². The Balaban J connectivity index is 2.00. The molecule has 2 aromatic rings. The van der Waals surface area contributed by atoms with E-state index in [0.717, 1.165) is 36.6 Å². The monoisotopic (exact) mass is 399 g/mol. The Kier molecular flexibility index (Phi) is 6.79. The van der Waals surface area contributed by atoms with Crippen LogP contribution >= 0.6 is 24.0 Å². The third-order valence-electron chi connectivity index (χ3n) is 4.92. The Morgan fingerprint density at radius 1 is 1.15 bits per heavy atom. The SMILES string of the molecule is CCCNC(=S)c1ccc2c(c1)N([C@H](C)CN(C)CC)c1ccccc1S2. The Morgan fingerprint density at radius 2 is 1.89 bits per heavy atom. The van der Waals surface area contributed by atoms with E-state index in [1.54, 1.807) is 0 Å². The molecule has 1 aliphatic heterocycles. The number of thiocarbonyl (C=S) groups is 1. The van der Waals surface area contributed by atoms with Crippen molar-refractivity contribution in [3.05, 3.63) is 48.0 Å². The average Bonchev–Trinajstić information content (AvgIpc) is 2.69. The van der Waals surface area contributed by atoms with E-state index in [4.69, 9.17) is 12.2 Å². The van der Waals surface area contributed by atoms with E-state index in [-0.39, 0.29) is 0 Å². The molecule has 144 valence electrons. The summed E-state index contributed by atoms with van der Waals surface area (Å²) in [5, 5.41) is 3.36. The van der Waals surface area contributed by atoms with Gasteiger partial charge in [0, 0.05) is 34.5 Å². The molecule has 3 rings (SSSR count). The second kappa shape index (κ2) is 9.09. The first-order valence-corrected chi connectivity index (χ1v) is 10.9. The predicted octanol–water partition coefficient (Wildman–Crippen LogP) is 5.30. The molecule has 0 bridgehead atoms. The van der Waals surface area contributed by atoms with Crippen LogP contribution in [0.25, 0.3) is 0 Å². The third kappa shape index (κ3) is 4.48.